The second-order valence-electron chi connectivity index (χ2n) is 11.9. The zero-order chi connectivity index (χ0) is 31.3. The summed E-state index contributed by atoms with van der Waals surface area (Å²) in [5.74, 6) is 0.748. The fraction of sp³-hybridized carbons (Fsp3) is 0.289. The maximum absolute atomic E-state index is 12.6. The predicted octanol–water partition coefficient (Wildman–Crippen LogP) is 7.69. The number of alkyl halides is 1. The molecule has 7 heteroatoms. The average molecular weight is 622 g/mol. The van der Waals surface area contributed by atoms with Crippen molar-refractivity contribution in [3.63, 3.8) is 0 Å². The Labute approximate surface area is 270 Å². The van der Waals surface area contributed by atoms with E-state index in [4.69, 9.17) is 10.5 Å². The molecule has 45 heavy (non-hydrogen) atoms. The lowest BCUT2D eigenvalue weighted by molar-refractivity contribution is 0.0963. The number of nitrogen functional groups attached to an aromatic ring is 1. The summed E-state index contributed by atoms with van der Waals surface area (Å²) < 4.78 is 19.0. The van der Waals surface area contributed by atoms with Gasteiger partial charge in [0.1, 0.15) is 11.9 Å². The third kappa shape index (κ3) is 6.95. The maximum atomic E-state index is 12.6. The highest BCUT2D eigenvalue weighted by molar-refractivity contribution is 7.80. The number of carbonyl (C=O) groups excluding carboxylic acids is 1. The van der Waals surface area contributed by atoms with Crippen LogP contribution in [0.3, 0.4) is 0 Å². The van der Waals surface area contributed by atoms with Crippen molar-refractivity contribution in [1.29, 1.82) is 0 Å². The van der Waals surface area contributed by atoms with Gasteiger partial charge in [0.15, 0.2) is 0 Å². The van der Waals surface area contributed by atoms with E-state index >= 15 is 0 Å². The Kier molecular flexibility index (Phi) is 9.57. The molecule has 0 bridgehead atoms. The van der Waals surface area contributed by atoms with Crippen molar-refractivity contribution >= 4 is 35.4 Å². The number of rotatable bonds is 9. The molecule has 1 amide bonds. The molecule has 1 heterocycles. The highest BCUT2D eigenvalue weighted by Crippen LogP contribution is 2.43. The Morgan fingerprint density at radius 1 is 0.978 bits per heavy atom. The number of ether oxygens (including phenoxy) is 1. The number of allylic oxidation sites excluding steroid dienone is 1. The normalized spacial score (nSPS) is 16.7. The molecule has 0 spiro atoms. The quantitative estimate of drug-likeness (QED) is 0.132. The van der Waals surface area contributed by atoms with E-state index < -0.39 is 0 Å². The van der Waals surface area contributed by atoms with E-state index in [0.717, 1.165) is 83.9 Å². The van der Waals surface area contributed by atoms with Gasteiger partial charge in [-0.05, 0) is 107 Å². The van der Waals surface area contributed by atoms with Gasteiger partial charge in [-0.2, -0.15) is 0 Å². The number of nitrogens with zero attached hydrogens (tertiary/aromatic N) is 1. The number of likely N-dealkylation sites (tertiary alicyclic amines) is 1. The Bertz CT molecular complexity index is 1720. The number of amides is 1. The fourth-order valence-corrected chi connectivity index (χ4v) is 6.86. The van der Waals surface area contributed by atoms with Crippen molar-refractivity contribution in [1.82, 2.24) is 10.2 Å². The van der Waals surface area contributed by atoms with Crippen LogP contribution >= 0.6 is 12.6 Å². The highest BCUT2D eigenvalue weighted by Gasteiger charge is 2.25. The van der Waals surface area contributed by atoms with Gasteiger partial charge in [-0.1, -0.05) is 48.5 Å². The minimum Gasteiger partial charge on any atom is -0.489 e. The van der Waals surface area contributed by atoms with Gasteiger partial charge in [-0.15, -0.1) is 12.6 Å². The molecule has 1 saturated heterocycles. The van der Waals surface area contributed by atoms with E-state index in [-0.39, 0.29) is 18.7 Å². The number of fused-ring (bicyclic) bond motifs is 1. The molecule has 1 aliphatic heterocycles. The van der Waals surface area contributed by atoms with E-state index in [1.807, 2.05) is 30.3 Å². The number of carbonyl (C=O) groups is 1. The third-order valence-electron chi connectivity index (χ3n) is 8.88. The first-order chi connectivity index (χ1) is 21.9. The molecule has 1 aliphatic carbocycles. The van der Waals surface area contributed by atoms with Crippen molar-refractivity contribution in [2.24, 2.45) is 0 Å². The van der Waals surface area contributed by atoms with E-state index in [1.165, 1.54) is 22.3 Å². The van der Waals surface area contributed by atoms with E-state index in [0.29, 0.717) is 12.0 Å². The van der Waals surface area contributed by atoms with Crippen LogP contribution in [0.25, 0.3) is 22.3 Å². The number of hydrogen-bond donors (Lipinski definition) is 3. The first-order valence-corrected chi connectivity index (χ1v) is 16.2. The van der Waals surface area contributed by atoms with Crippen LogP contribution in [0.2, 0.25) is 0 Å². The smallest absolute Gasteiger partial charge is 0.251 e. The van der Waals surface area contributed by atoms with E-state index in [1.54, 1.807) is 7.05 Å². The van der Waals surface area contributed by atoms with Gasteiger partial charge in [0.25, 0.3) is 5.91 Å². The van der Waals surface area contributed by atoms with E-state index in [2.05, 4.69) is 77.4 Å². The van der Waals surface area contributed by atoms with Crippen molar-refractivity contribution in [2.75, 3.05) is 39.1 Å². The Hall–Kier alpha value is -4.07. The number of nitrogens with two attached hydrogens (primary N) is 1. The number of hydrogen-bond acceptors (Lipinski definition) is 5. The molecule has 4 aromatic carbocycles. The lowest BCUT2D eigenvalue weighted by Gasteiger charge is -2.20. The summed E-state index contributed by atoms with van der Waals surface area (Å²) in [7, 11) is 1.65. The summed E-state index contributed by atoms with van der Waals surface area (Å²) in [5.41, 5.74) is 17.1. The maximum Gasteiger partial charge on any atom is 0.251 e. The molecule has 232 valence electrons. The average Bonchev–Trinajstić information content (AvgIpc) is 3.42. The number of halogens is 1. The van der Waals surface area contributed by atoms with E-state index in [9.17, 15) is 9.18 Å². The SMILES string of the molecule is CNC(=O)c1cccc(-c2ccc3c(c2)CCCC(c2ccc(S)cc2N)=C3c2ccc(OC3CCN(CCCF)C3)cc2)c1. The van der Waals surface area contributed by atoms with Crippen molar-refractivity contribution in [3.05, 3.63) is 113 Å². The zero-order valence-corrected chi connectivity index (χ0v) is 26.6. The van der Waals surface area contributed by atoms with Crippen LogP contribution in [0, 0.1) is 0 Å². The summed E-state index contributed by atoms with van der Waals surface area (Å²) in [6.45, 7) is 2.28. The van der Waals surface area contributed by atoms with Crippen LogP contribution in [0.5, 0.6) is 5.75 Å². The molecular formula is C38H40FN3O2S. The van der Waals surface area contributed by atoms with Gasteiger partial charge in [0, 0.05) is 48.4 Å². The molecule has 1 atom stereocenters. The number of anilines is 1. The Morgan fingerprint density at radius 2 is 1.76 bits per heavy atom. The fourth-order valence-electron chi connectivity index (χ4n) is 6.65. The van der Waals surface area contributed by atoms with Crippen LogP contribution < -0.4 is 15.8 Å². The van der Waals surface area contributed by atoms with Crippen LogP contribution in [0.1, 0.15) is 58.3 Å². The van der Waals surface area contributed by atoms with Gasteiger partial charge in [-0.3, -0.25) is 14.1 Å². The van der Waals surface area contributed by atoms with Crippen molar-refractivity contribution in [2.45, 2.75) is 43.1 Å². The minimum atomic E-state index is -0.277. The highest BCUT2D eigenvalue weighted by atomic mass is 32.1. The molecular weight excluding hydrogens is 582 g/mol. The van der Waals surface area contributed by atoms with Gasteiger partial charge >= 0.3 is 0 Å². The Balaban J connectivity index is 1.37. The molecule has 3 N–H and O–H groups in total. The molecule has 1 fully saturated rings. The van der Waals surface area contributed by atoms with Gasteiger partial charge in [-0.25, -0.2) is 0 Å². The largest absolute Gasteiger partial charge is 0.489 e. The number of thiol groups is 1. The molecule has 6 rings (SSSR count). The molecule has 5 nitrogen and oxygen atoms in total. The number of aryl methyl sites for hydroxylation is 1. The van der Waals surface area contributed by atoms with Crippen LogP contribution in [0.4, 0.5) is 10.1 Å². The molecule has 1 unspecified atom stereocenters. The van der Waals surface area contributed by atoms with Gasteiger partial charge in [0.2, 0.25) is 0 Å². The van der Waals surface area contributed by atoms with Crippen molar-refractivity contribution in [3.8, 4) is 16.9 Å². The van der Waals surface area contributed by atoms with Gasteiger partial charge < -0.3 is 15.8 Å². The predicted molar refractivity (Wildman–Crippen MR) is 185 cm³/mol. The molecule has 4 aromatic rings. The monoisotopic (exact) mass is 621 g/mol. The van der Waals surface area contributed by atoms with Crippen LogP contribution in [-0.4, -0.2) is 50.3 Å². The summed E-state index contributed by atoms with van der Waals surface area (Å²) in [6, 6.07) is 28.8. The van der Waals surface area contributed by atoms with Crippen LogP contribution in [-0.2, 0) is 6.42 Å². The van der Waals surface area contributed by atoms with Crippen LogP contribution in [0.15, 0.2) is 89.8 Å². The molecule has 2 aliphatic rings. The lowest BCUT2D eigenvalue weighted by atomic mass is 9.86. The minimum absolute atomic E-state index is 0.0965. The number of nitrogens with one attached hydrogen (secondary N) is 1. The summed E-state index contributed by atoms with van der Waals surface area (Å²) in [6.07, 6.45) is 4.44. The van der Waals surface area contributed by atoms with Crippen molar-refractivity contribution < 1.29 is 13.9 Å². The third-order valence-corrected chi connectivity index (χ3v) is 9.16. The second-order valence-corrected chi connectivity index (χ2v) is 12.4. The summed E-state index contributed by atoms with van der Waals surface area (Å²) >= 11 is 4.52. The summed E-state index contributed by atoms with van der Waals surface area (Å²) in [5, 5.41) is 2.72. The topological polar surface area (TPSA) is 67.6 Å². The first-order valence-electron chi connectivity index (χ1n) is 15.8. The summed E-state index contributed by atoms with van der Waals surface area (Å²) in [4.78, 5) is 15.4. The number of benzene rings is 4. The van der Waals surface area contributed by atoms with Gasteiger partial charge in [0.05, 0.1) is 6.67 Å². The second kappa shape index (κ2) is 13.9. The first kappa shape index (κ1) is 30.9. The standard InChI is InChI=1S/C38H40FN3O2S/c1-41-38(43)29-7-2-5-26(22-29)27-11-15-33-28(21-27)6-3-8-35(34-16-14-32(45)23-36(34)40)37(33)25-9-12-30(13-10-25)44-31-17-20-42(24-31)19-4-18-39/h2,5,7,9-16,21-23,31,45H,3-4,6,8,17-20,24,40H2,1H3,(H,41,43). The molecule has 0 radical (unpaired) electrons. The molecule has 0 saturated carbocycles. The lowest BCUT2D eigenvalue weighted by Crippen LogP contribution is -2.26. The molecule has 0 aromatic heterocycles. The Morgan fingerprint density at radius 3 is 2.53 bits per heavy atom. The zero-order valence-electron chi connectivity index (χ0n) is 25.7.